The third kappa shape index (κ3) is 5.14. The summed E-state index contributed by atoms with van der Waals surface area (Å²) in [5.41, 5.74) is 7.59. The molecule has 0 amide bonds. The van der Waals surface area contributed by atoms with Gasteiger partial charge in [0.25, 0.3) is 0 Å². The van der Waals surface area contributed by atoms with E-state index in [1.807, 2.05) is 31.3 Å². The highest BCUT2D eigenvalue weighted by atomic mass is 16.3. The Labute approximate surface area is 110 Å². The van der Waals surface area contributed by atoms with Crippen LogP contribution in [0, 0.1) is 0 Å². The van der Waals surface area contributed by atoms with Gasteiger partial charge in [0.15, 0.2) is 0 Å². The number of rotatable bonds is 7. The molecule has 3 N–H and O–H groups in total. The summed E-state index contributed by atoms with van der Waals surface area (Å²) in [6.07, 6.45) is -0.441. The molecule has 0 aliphatic heterocycles. The van der Waals surface area contributed by atoms with Gasteiger partial charge in [-0.15, -0.1) is 0 Å². The van der Waals surface area contributed by atoms with E-state index in [1.165, 1.54) is 0 Å². The van der Waals surface area contributed by atoms with Gasteiger partial charge in [0.2, 0.25) is 0 Å². The average Bonchev–Trinajstić information content (AvgIpc) is 2.36. The minimum Gasteiger partial charge on any atom is -0.387 e. The van der Waals surface area contributed by atoms with Crippen molar-refractivity contribution in [2.75, 3.05) is 40.8 Å². The number of likely N-dealkylation sites (N-methyl/N-ethyl adjacent to an activating group) is 2. The summed E-state index contributed by atoms with van der Waals surface area (Å²) in [4.78, 5) is 4.28. The lowest BCUT2D eigenvalue weighted by Gasteiger charge is -2.22. The van der Waals surface area contributed by atoms with E-state index >= 15 is 0 Å². The van der Waals surface area contributed by atoms with E-state index in [0.717, 1.165) is 24.2 Å². The predicted octanol–water partition coefficient (Wildman–Crippen LogP) is 0.672. The lowest BCUT2D eigenvalue weighted by atomic mass is 10.1. The lowest BCUT2D eigenvalue weighted by Crippen LogP contribution is -2.31. The quantitative estimate of drug-likeness (QED) is 0.748. The Kier molecular flexibility index (Phi) is 6.29. The van der Waals surface area contributed by atoms with E-state index < -0.39 is 6.10 Å². The van der Waals surface area contributed by atoms with Crippen molar-refractivity contribution >= 4 is 0 Å². The van der Waals surface area contributed by atoms with Gasteiger partial charge >= 0.3 is 0 Å². The Morgan fingerprint density at radius 3 is 2.22 bits per heavy atom. The van der Waals surface area contributed by atoms with Crippen molar-refractivity contribution in [1.82, 2.24) is 9.80 Å². The third-order valence-electron chi connectivity index (χ3n) is 3.01. The van der Waals surface area contributed by atoms with Crippen molar-refractivity contribution in [3.63, 3.8) is 0 Å². The maximum Gasteiger partial charge on any atom is 0.0916 e. The SMILES string of the molecule is CN(C)CCN(C)CC(O)c1ccc(CN)cc1. The normalized spacial score (nSPS) is 13.3. The van der Waals surface area contributed by atoms with Crippen molar-refractivity contribution in [1.29, 1.82) is 0 Å². The van der Waals surface area contributed by atoms with Crippen LogP contribution in [0.4, 0.5) is 0 Å². The van der Waals surface area contributed by atoms with E-state index in [9.17, 15) is 5.11 Å². The van der Waals surface area contributed by atoms with Gasteiger partial charge in [0.05, 0.1) is 6.10 Å². The van der Waals surface area contributed by atoms with Crippen molar-refractivity contribution < 1.29 is 5.11 Å². The highest BCUT2D eigenvalue weighted by Crippen LogP contribution is 2.14. The molecule has 1 unspecified atom stereocenters. The second-order valence-electron chi connectivity index (χ2n) is 5.03. The lowest BCUT2D eigenvalue weighted by molar-refractivity contribution is 0.123. The molecule has 0 fully saturated rings. The van der Waals surface area contributed by atoms with E-state index in [2.05, 4.69) is 23.9 Å². The molecule has 0 aliphatic rings. The van der Waals surface area contributed by atoms with Crippen molar-refractivity contribution in [3.8, 4) is 0 Å². The Morgan fingerprint density at radius 2 is 1.72 bits per heavy atom. The predicted molar refractivity (Wildman–Crippen MR) is 75.3 cm³/mol. The largest absolute Gasteiger partial charge is 0.387 e. The first kappa shape index (κ1) is 15.1. The first-order valence-electron chi connectivity index (χ1n) is 6.33. The van der Waals surface area contributed by atoms with Crippen molar-refractivity contribution in [3.05, 3.63) is 35.4 Å². The van der Waals surface area contributed by atoms with Crippen molar-refractivity contribution in [2.45, 2.75) is 12.6 Å². The van der Waals surface area contributed by atoms with Gasteiger partial charge in [-0.3, -0.25) is 0 Å². The topological polar surface area (TPSA) is 52.7 Å². The maximum absolute atomic E-state index is 10.1. The van der Waals surface area contributed by atoms with Crippen LogP contribution in [0.2, 0.25) is 0 Å². The van der Waals surface area contributed by atoms with Crippen LogP contribution in [0.15, 0.2) is 24.3 Å². The summed E-state index contributed by atoms with van der Waals surface area (Å²) in [6, 6.07) is 7.84. The third-order valence-corrected chi connectivity index (χ3v) is 3.01. The van der Waals surface area contributed by atoms with E-state index in [1.54, 1.807) is 0 Å². The summed E-state index contributed by atoms with van der Waals surface area (Å²) in [6.45, 7) is 3.13. The minimum absolute atomic E-state index is 0.441. The van der Waals surface area contributed by atoms with Gasteiger partial charge in [-0.2, -0.15) is 0 Å². The summed E-state index contributed by atoms with van der Waals surface area (Å²) in [5, 5.41) is 10.1. The molecule has 0 aromatic heterocycles. The van der Waals surface area contributed by atoms with Crippen LogP contribution in [0.3, 0.4) is 0 Å². The van der Waals surface area contributed by atoms with Gasteiger partial charge in [-0.25, -0.2) is 0 Å². The fraction of sp³-hybridized carbons (Fsp3) is 0.571. The highest BCUT2D eigenvalue weighted by molar-refractivity contribution is 5.24. The zero-order valence-electron chi connectivity index (χ0n) is 11.6. The first-order chi connectivity index (χ1) is 8.52. The number of hydrogen-bond acceptors (Lipinski definition) is 4. The minimum atomic E-state index is -0.441. The molecule has 0 bridgehead atoms. The summed E-state index contributed by atoms with van der Waals surface area (Å²) in [7, 11) is 6.13. The van der Waals surface area contributed by atoms with Gasteiger partial charge in [-0.1, -0.05) is 24.3 Å². The Hall–Kier alpha value is -0.940. The monoisotopic (exact) mass is 251 g/mol. The molecule has 4 heteroatoms. The molecule has 0 radical (unpaired) electrons. The summed E-state index contributed by atoms with van der Waals surface area (Å²) >= 11 is 0. The summed E-state index contributed by atoms with van der Waals surface area (Å²) in [5.74, 6) is 0. The van der Waals surface area contributed by atoms with Crippen LogP contribution in [0.25, 0.3) is 0 Å². The molecule has 4 nitrogen and oxygen atoms in total. The van der Waals surface area contributed by atoms with E-state index in [0.29, 0.717) is 13.1 Å². The average molecular weight is 251 g/mol. The molecule has 1 rings (SSSR count). The Balaban J connectivity index is 2.45. The fourth-order valence-corrected chi connectivity index (χ4v) is 1.74. The highest BCUT2D eigenvalue weighted by Gasteiger charge is 2.10. The second-order valence-corrected chi connectivity index (χ2v) is 5.03. The van der Waals surface area contributed by atoms with Gasteiger partial charge in [0, 0.05) is 26.2 Å². The van der Waals surface area contributed by atoms with Gasteiger partial charge in [-0.05, 0) is 32.3 Å². The van der Waals surface area contributed by atoms with Crippen LogP contribution >= 0.6 is 0 Å². The van der Waals surface area contributed by atoms with Crippen molar-refractivity contribution in [2.24, 2.45) is 5.73 Å². The smallest absolute Gasteiger partial charge is 0.0916 e. The molecule has 1 aromatic carbocycles. The number of nitrogens with zero attached hydrogens (tertiary/aromatic N) is 2. The first-order valence-corrected chi connectivity index (χ1v) is 6.33. The van der Waals surface area contributed by atoms with Crippen LogP contribution in [0.5, 0.6) is 0 Å². The zero-order valence-corrected chi connectivity index (χ0v) is 11.6. The molecule has 0 heterocycles. The molecule has 1 aromatic rings. The number of benzene rings is 1. The van der Waals surface area contributed by atoms with Crippen LogP contribution < -0.4 is 5.73 Å². The number of aliphatic hydroxyl groups is 1. The standard InChI is InChI=1S/C14H25N3O/c1-16(2)8-9-17(3)11-14(18)13-6-4-12(10-15)5-7-13/h4-7,14,18H,8-11,15H2,1-3H3. The molecule has 0 saturated heterocycles. The van der Waals surface area contributed by atoms with E-state index in [4.69, 9.17) is 5.73 Å². The molecule has 18 heavy (non-hydrogen) atoms. The van der Waals surface area contributed by atoms with Gasteiger partial charge in [0.1, 0.15) is 0 Å². The van der Waals surface area contributed by atoms with Crippen LogP contribution in [-0.4, -0.2) is 55.7 Å². The number of nitrogens with two attached hydrogens (primary N) is 1. The molecule has 0 saturated carbocycles. The molecule has 1 atom stereocenters. The molecule has 0 spiro atoms. The molecule has 0 aliphatic carbocycles. The maximum atomic E-state index is 10.1. The number of aliphatic hydroxyl groups excluding tert-OH is 1. The summed E-state index contributed by atoms with van der Waals surface area (Å²) < 4.78 is 0. The number of hydrogen-bond donors (Lipinski definition) is 2. The molecular formula is C14H25N3O. The Bertz CT molecular complexity index is 337. The van der Waals surface area contributed by atoms with Gasteiger partial charge < -0.3 is 20.6 Å². The van der Waals surface area contributed by atoms with E-state index in [-0.39, 0.29) is 0 Å². The van der Waals surface area contributed by atoms with Crippen LogP contribution in [0.1, 0.15) is 17.2 Å². The zero-order chi connectivity index (χ0) is 13.5. The van der Waals surface area contributed by atoms with Crippen LogP contribution in [-0.2, 0) is 6.54 Å². The second kappa shape index (κ2) is 7.48. The molecular weight excluding hydrogens is 226 g/mol. The Morgan fingerprint density at radius 1 is 1.11 bits per heavy atom. The molecule has 102 valence electrons. The fourth-order valence-electron chi connectivity index (χ4n) is 1.74.